The molecule has 0 fully saturated rings. The molecule has 0 bridgehead atoms. The van der Waals surface area contributed by atoms with Gasteiger partial charge in [0.2, 0.25) is 5.78 Å². The summed E-state index contributed by atoms with van der Waals surface area (Å²) in [6, 6.07) is 10.3. The molecule has 1 aromatic rings. The van der Waals surface area contributed by atoms with E-state index in [1.807, 2.05) is 18.2 Å². The fourth-order valence-corrected chi connectivity index (χ4v) is 1.45. The summed E-state index contributed by atoms with van der Waals surface area (Å²) in [6.07, 6.45) is 8.39. The van der Waals surface area contributed by atoms with Crippen LogP contribution >= 0.6 is 0 Å². The van der Waals surface area contributed by atoms with Crippen molar-refractivity contribution in [3.05, 3.63) is 42.0 Å². The number of allylic oxidation sites excluding steroid dienone is 1. The van der Waals surface area contributed by atoms with Crippen molar-refractivity contribution < 1.29 is 4.79 Å². The van der Waals surface area contributed by atoms with E-state index < -0.39 is 0 Å². The molecule has 0 spiro atoms. The number of Topliss-reactive ketones (excluding diaryl/α,β-unsaturated/α-hetero) is 1. The van der Waals surface area contributed by atoms with Gasteiger partial charge >= 0.3 is 0 Å². The van der Waals surface area contributed by atoms with Gasteiger partial charge in [-0.3, -0.25) is 4.79 Å². The van der Waals surface area contributed by atoms with E-state index >= 15 is 0 Å². The van der Waals surface area contributed by atoms with Crippen molar-refractivity contribution in [1.29, 1.82) is 0 Å². The van der Waals surface area contributed by atoms with Gasteiger partial charge < -0.3 is 0 Å². The van der Waals surface area contributed by atoms with Gasteiger partial charge in [0.05, 0.1) is 0 Å². The lowest BCUT2D eigenvalue weighted by Gasteiger charge is -1.93. The number of unbranched alkanes of at least 4 members (excludes halogenated alkanes) is 3. The largest absolute Gasteiger partial charge is 0.285 e. The Morgan fingerprint density at radius 1 is 1.24 bits per heavy atom. The number of hydrogen-bond acceptors (Lipinski definition) is 1. The van der Waals surface area contributed by atoms with Gasteiger partial charge in [-0.25, -0.2) is 0 Å². The minimum absolute atomic E-state index is 0.0472. The van der Waals surface area contributed by atoms with Crippen molar-refractivity contribution in [3.8, 4) is 11.8 Å². The molecule has 0 unspecified atom stereocenters. The molecule has 0 heterocycles. The van der Waals surface area contributed by atoms with E-state index in [4.69, 9.17) is 0 Å². The Morgan fingerprint density at radius 3 is 2.71 bits per heavy atom. The van der Waals surface area contributed by atoms with Crippen LogP contribution in [0.1, 0.15) is 38.2 Å². The van der Waals surface area contributed by atoms with Crippen molar-refractivity contribution in [3.63, 3.8) is 0 Å². The normalized spacial score (nSPS) is 9.94. The van der Waals surface area contributed by atoms with E-state index in [-0.39, 0.29) is 5.78 Å². The van der Waals surface area contributed by atoms with E-state index in [1.54, 1.807) is 0 Å². The second-order valence-electron chi connectivity index (χ2n) is 3.92. The number of carbonyl (C=O) groups excluding carboxylic acids is 1. The van der Waals surface area contributed by atoms with Crippen molar-refractivity contribution >= 4 is 11.9 Å². The minimum atomic E-state index is -0.0472. The van der Waals surface area contributed by atoms with Crippen molar-refractivity contribution in [2.24, 2.45) is 0 Å². The van der Waals surface area contributed by atoms with Crippen LogP contribution in [0.2, 0.25) is 0 Å². The molecule has 0 radical (unpaired) electrons. The topological polar surface area (TPSA) is 17.1 Å². The van der Waals surface area contributed by atoms with E-state index in [0.29, 0.717) is 0 Å². The minimum Gasteiger partial charge on any atom is -0.285 e. The first kappa shape index (κ1) is 13.3. The first-order chi connectivity index (χ1) is 8.29. The summed E-state index contributed by atoms with van der Waals surface area (Å²) in [4.78, 5) is 10.6. The third kappa shape index (κ3) is 7.14. The van der Waals surface area contributed by atoms with E-state index in [9.17, 15) is 4.79 Å². The predicted molar refractivity (Wildman–Crippen MR) is 72.4 cm³/mol. The molecule has 0 aliphatic rings. The summed E-state index contributed by atoms with van der Waals surface area (Å²) in [5.41, 5.74) is 1.24. The van der Waals surface area contributed by atoms with E-state index in [0.717, 1.165) is 25.7 Å². The third-order valence-corrected chi connectivity index (χ3v) is 2.30. The Kier molecular flexibility index (Phi) is 6.51. The zero-order chi connectivity index (χ0) is 12.3. The average Bonchev–Trinajstić information content (AvgIpc) is 2.33. The summed E-state index contributed by atoms with van der Waals surface area (Å²) < 4.78 is 0. The quantitative estimate of drug-likeness (QED) is 0.423. The van der Waals surface area contributed by atoms with Crippen LogP contribution in [0, 0.1) is 11.8 Å². The highest BCUT2D eigenvalue weighted by Gasteiger charge is 1.86. The Hall–Kier alpha value is -1.81. The number of ketones is 1. The molecule has 0 atom stereocenters. The van der Waals surface area contributed by atoms with E-state index in [1.165, 1.54) is 12.5 Å². The molecule has 17 heavy (non-hydrogen) atoms. The van der Waals surface area contributed by atoms with Gasteiger partial charge in [-0.15, -0.1) is 0 Å². The van der Waals surface area contributed by atoms with Crippen LogP contribution < -0.4 is 0 Å². The lowest BCUT2D eigenvalue weighted by atomic mass is 10.1. The van der Waals surface area contributed by atoms with Gasteiger partial charge in [-0.1, -0.05) is 48.4 Å². The molecule has 1 rings (SSSR count). The molecule has 1 heteroatoms. The van der Waals surface area contributed by atoms with Crippen LogP contribution in [0.25, 0.3) is 6.08 Å². The Balaban J connectivity index is 2.11. The van der Waals surface area contributed by atoms with Crippen LogP contribution in [-0.4, -0.2) is 5.78 Å². The molecular weight excluding hydrogens is 208 g/mol. The van der Waals surface area contributed by atoms with Gasteiger partial charge in [0.1, 0.15) is 0 Å². The van der Waals surface area contributed by atoms with Gasteiger partial charge in [0.25, 0.3) is 0 Å². The Morgan fingerprint density at radius 2 is 2.00 bits per heavy atom. The summed E-state index contributed by atoms with van der Waals surface area (Å²) >= 11 is 0. The summed E-state index contributed by atoms with van der Waals surface area (Å²) in [6.45, 7) is 1.50. The summed E-state index contributed by atoms with van der Waals surface area (Å²) in [5.74, 6) is 5.38. The molecule has 1 aromatic carbocycles. The standard InChI is InChI=1S/C16H18O/c1-15(17)11-7-4-2-3-5-8-12-16-13-9-6-10-14-16/h6,8-10,12-14H,2-5H2,1H3/b12-8+. The fraction of sp³-hybridized carbons (Fsp3) is 0.312. The van der Waals surface area contributed by atoms with E-state index in [2.05, 4.69) is 36.1 Å². The SMILES string of the molecule is CC(=O)C#CCCCC/C=C/c1ccccc1. The lowest BCUT2D eigenvalue weighted by molar-refractivity contribution is -0.111. The van der Waals surface area contributed by atoms with Crippen LogP contribution in [0.5, 0.6) is 0 Å². The number of benzene rings is 1. The summed E-state index contributed by atoms with van der Waals surface area (Å²) in [5, 5.41) is 0. The molecule has 88 valence electrons. The second kappa shape index (κ2) is 8.35. The zero-order valence-corrected chi connectivity index (χ0v) is 10.3. The zero-order valence-electron chi connectivity index (χ0n) is 10.3. The molecule has 0 aliphatic heterocycles. The van der Waals surface area contributed by atoms with Crippen LogP contribution in [0.4, 0.5) is 0 Å². The van der Waals surface area contributed by atoms with Gasteiger partial charge in [0, 0.05) is 13.3 Å². The molecule has 0 amide bonds. The van der Waals surface area contributed by atoms with Crippen molar-refractivity contribution in [1.82, 2.24) is 0 Å². The first-order valence-electron chi connectivity index (χ1n) is 6.00. The maximum Gasteiger partial charge on any atom is 0.202 e. The van der Waals surface area contributed by atoms with Crippen LogP contribution in [-0.2, 0) is 4.79 Å². The summed E-state index contributed by atoms with van der Waals surface area (Å²) in [7, 11) is 0. The van der Waals surface area contributed by atoms with Crippen molar-refractivity contribution in [2.45, 2.75) is 32.6 Å². The maximum atomic E-state index is 10.6. The number of hydrogen-bond donors (Lipinski definition) is 0. The van der Waals surface area contributed by atoms with Gasteiger partial charge in [-0.05, 0) is 30.7 Å². The first-order valence-corrected chi connectivity index (χ1v) is 6.00. The highest BCUT2D eigenvalue weighted by Crippen LogP contribution is 2.05. The van der Waals surface area contributed by atoms with Crippen LogP contribution in [0.3, 0.4) is 0 Å². The number of carbonyl (C=O) groups is 1. The Labute approximate surface area is 104 Å². The molecule has 0 saturated heterocycles. The second-order valence-corrected chi connectivity index (χ2v) is 3.92. The molecule has 1 nitrogen and oxygen atoms in total. The fourth-order valence-electron chi connectivity index (χ4n) is 1.45. The number of rotatable bonds is 5. The smallest absolute Gasteiger partial charge is 0.202 e. The van der Waals surface area contributed by atoms with Crippen LogP contribution in [0.15, 0.2) is 36.4 Å². The highest BCUT2D eigenvalue weighted by molar-refractivity contribution is 5.93. The monoisotopic (exact) mass is 226 g/mol. The molecule has 0 N–H and O–H groups in total. The van der Waals surface area contributed by atoms with Gasteiger partial charge in [-0.2, -0.15) is 0 Å². The molecule has 0 saturated carbocycles. The molecular formula is C16H18O. The third-order valence-electron chi connectivity index (χ3n) is 2.30. The lowest BCUT2D eigenvalue weighted by Crippen LogP contribution is -1.80. The van der Waals surface area contributed by atoms with Crippen molar-refractivity contribution in [2.75, 3.05) is 0 Å². The maximum absolute atomic E-state index is 10.6. The highest BCUT2D eigenvalue weighted by atomic mass is 16.1. The Bertz CT molecular complexity index is 418. The van der Waals surface area contributed by atoms with Gasteiger partial charge in [0.15, 0.2) is 0 Å². The average molecular weight is 226 g/mol. The molecule has 0 aromatic heterocycles. The molecule has 0 aliphatic carbocycles. The predicted octanol–water partition coefficient (Wildman–Crippen LogP) is 3.85.